The van der Waals surface area contributed by atoms with Crippen molar-refractivity contribution in [2.45, 2.75) is 33.0 Å². The maximum atomic E-state index is 5.94. The summed E-state index contributed by atoms with van der Waals surface area (Å²) in [6.45, 7) is 5.33. The van der Waals surface area contributed by atoms with Crippen LogP contribution in [0.1, 0.15) is 25.2 Å². The zero-order valence-electron chi connectivity index (χ0n) is 11.5. The van der Waals surface area contributed by atoms with E-state index < -0.39 is 0 Å². The molecule has 1 aromatic carbocycles. The van der Waals surface area contributed by atoms with Gasteiger partial charge in [-0.1, -0.05) is 37.0 Å². The summed E-state index contributed by atoms with van der Waals surface area (Å²) in [4.78, 5) is 0. The summed E-state index contributed by atoms with van der Waals surface area (Å²) in [6, 6.07) is 7.56. The van der Waals surface area contributed by atoms with E-state index in [0.29, 0.717) is 28.4 Å². The van der Waals surface area contributed by atoms with Crippen molar-refractivity contribution in [3.63, 3.8) is 0 Å². The number of hydrogen-bond donors (Lipinski definition) is 1. The molecule has 0 saturated carbocycles. The van der Waals surface area contributed by atoms with Gasteiger partial charge in [-0.15, -0.1) is 0 Å². The summed E-state index contributed by atoms with van der Waals surface area (Å²) >= 11 is 11.8. The Morgan fingerprint density at radius 1 is 1.20 bits per heavy atom. The highest BCUT2D eigenvalue weighted by Crippen LogP contribution is 2.27. The SMILES string of the molecule is CC(C)NCc1ccoc1COc1ccc(Cl)c(Cl)c1. The summed E-state index contributed by atoms with van der Waals surface area (Å²) in [6.07, 6.45) is 1.67. The number of benzene rings is 1. The Hall–Kier alpha value is -1.16. The average Bonchev–Trinajstić information content (AvgIpc) is 2.85. The first-order valence-corrected chi connectivity index (χ1v) is 7.18. The molecular formula is C15H17Cl2NO2. The first kappa shape index (κ1) is 15.2. The highest BCUT2D eigenvalue weighted by Gasteiger charge is 2.08. The van der Waals surface area contributed by atoms with E-state index in [1.165, 1.54) is 0 Å². The molecule has 1 N–H and O–H groups in total. The lowest BCUT2D eigenvalue weighted by Crippen LogP contribution is -2.22. The fraction of sp³-hybridized carbons (Fsp3) is 0.333. The molecule has 0 aliphatic heterocycles. The monoisotopic (exact) mass is 313 g/mol. The van der Waals surface area contributed by atoms with Gasteiger partial charge in [-0.05, 0) is 18.2 Å². The van der Waals surface area contributed by atoms with Crippen molar-refractivity contribution in [2.24, 2.45) is 0 Å². The van der Waals surface area contributed by atoms with Gasteiger partial charge in [-0.25, -0.2) is 0 Å². The molecule has 0 spiro atoms. The maximum absolute atomic E-state index is 5.94. The van der Waals surface area contributed by atoms with E-state index >= 15 is 0 Å². The highest BCUT2D eigenvalue weighted by molar-refractivity contribution is 6.42. The normalized spacial score (nSPS) is 11.1. The summed E-state index contributed by atoms with van der Waals surface area (Å²) in [5, 5.41) is 4.34. The van der Waals surface area contributed by atoms with E-state index in [4.69, 9.17) is 32.4 Å². The third kappa shape index (κ3) is 4.17. The number of ether oxygens (including phenoxy) is 1. The van der Waals surface area contributed by atoms with Crippen LogP contribution in [0.2, 0.25) is 10.0 Å². The van der Waals surface area contributed by atoms with E-state index in [-0.39, 0.29) is 0 Å². The van der Waals surface area contributed by atoms with Gasteiger partial charge in [0, 0.05) is 24.2 Å². The molecule has 0 atom stereocenters. The standard InChI is InChI=1S/C15H17Cl2NO2/c1-10(2)18-8-11-5-6-19-15(11)9-20-12-3-4-13(16)14(17)7-12/h3-7,10,18H,8-9H2,1-2H3. The number of halogens is 2. The predicted octanol–water partition coefficient (Wildman–Crippen LogP) is 4.66. The fourth-order valence-corrected chi connectivity index (χ4v) is 1.97. The molecule has 108 valence electrons. The second-order valence-electron chi connectivity index (χ2n) is 4.77. The summed E-state index contributed by atoms with van der Waals surface area (Å²) in [7, 11) is 0. The molecular weight excluding hydrogens is 297 g/mol. The Morgan fingerprint density at radius 2 is 2.00 bits per heavy atom. The smallest absolute Gasteiger partial charge is 0.146 e. The lowest BCUT2D eigenvalue weighted by molar-refractivity contribution is 0.268. The Kier molecular flexibility index (Phi) is 5.35. The molecule has 20 heavy (non-hydrogen) atoms. The van der Waals surface area contributed by atoms with Gasteiger partial charge in [0.2, 0.25) is 0 Å². The quantitative estimate of drug-likeness (QED) is 0.842. The Balaban J connectivity index is 1.96. The van der Waals surface area contributed by atoms with Crippen LogP contribution in [0.25, 0.3) is 0 Å². The van der Waals surface area contributed by atoms with Crippen molar-refractivity contribution in [3.05, 3.63) is 51.9 Å². The number of hydrogen-bond acceptors (Lipinski definition) is 3. The van der Waals surface area contributed by atoms with Crippen molar-refractivity contribution in [3.8, 4) is 5.75 Å². The van der Waals surface area contributed by atoms with Crippen LogP contribution < -0.4 is 10.1 Å². The van der Waals surface area contributed by atoms with E-state index in [1.807, 2.05) is 6.07 Å². The predicted molar refractivity (Wildman–Crippen MR) is 81.5 cm³/mol. The average molecular weight is 314 g/mol. The van der Waals surface area contributed by atoms with E-state index in [2.05, 4.69) is 19.2 Å². The second kappa shape index (κ2) is 7.02. The van der Waals surface area contributed by atoms with Gasteiger partial charge in [0.15, 0.2) is 0 Å². The van der Waals surface area contributed by atoms with Crippen molar-refractivity contribution in [2.75, 3.05) is 0 Å². The molecule has 1 heterocycles. The molecule has 2 aromatic rings. The van der Waals surface area contributed by atoms with Crippen molar-refractivity contribution in [1.29, 1.82) is 0 Å². The van der Waals surface area contributed by atoms with Crippen molar-refractivity contribution in [1.82, 2.24) is 5.32 Å². The lowest BCUT2D eigenvalue weighted by atomic mass is 10.2. The summed E-state index contributed by atoms with van der Waals surface area (Å²) < 4.78 is 11.1. The Labute approximate surface area is 128 Å². The Bertz CT molecular complexity index is 567. The van der Waals surface area contributed by atoms with Crippen molar-refractivity contribution < 1.29 is 9.15 Å². The minimum Gasteiger partial charge on any atom is -0.486 e. The highest BCUT2D eigenvalue weighted by atomic mass is 35.5. The third-order valence-electron chi connectivity index (χ3n) is 2.80. The zero-order chi connectivity index (χ0) is 14.5. The molecule has 3 nitrogen and oxygen atoms in total. The largest absolute Gasteiger partial charge is 0.486 e. The van der Waals surface area contributed by atoms with Crippen LogP contribution in [0.4, 0.5) is 0 Å². The van der Waals surface area contributed by atoms with Crippen LogP contribution in [-0.4, -0.2) is 6.04 Å². The maximum Gasteiger partial charge on any atom is 0.146 e. The topological polar surface area (TPSA) is 34.4 Å². The third-order valence-corrected chi connectivity index (χ3v) is 3.54. The van der Waals surface area contributed by atoms with Crippen LogP contribution >= 0.6 is 23.2 Å². The van der Waals surface area contributed by atoms with Crippen LogP contribution in [0.5, 0.6) is 5.75 Å². The van der Waals surface area contributed by atoms with Crippen LogP contribution in [0.3, 0.4) is 0 Å². The molecule has 0 aliphatic carbocycles. The van der Waals surface area contributed by atoms with E-state index in [0.717, 1.165) is 17.9 Å². The number of furan rings is 1. The Morgan fingerprint density at radius 3 is 2.70 bits per heavy atom. The molecule has 0 unspecified atom stereocenters. The first-order valence-electron chi connectivity index (χ1n) is 6.42. The van der Waals surface area contributed by atoms with E-state index in [1.54, 1.807) is 24.5 Å². The van der Waals surface area contributed by atoms with Gasteiger partial charge in [0.25, 0.3) is 0 Å². The molecule has 0 amide bonds. The van der Waals surface area contributed by atoms with Crippen molar-refractivity contribution >= 4 is 23.2 Å². The molecule has 0 bridgehead atoms. The fourth-order valence-electron chi connectivity index (χ4n) is 1.68. The number of rotatable bonds is 6. The van der Waals surface area contributed by atoms with E-state index in [9.17, 15) is 0 Å². The van der Waals surface area contributed by atoms with Gasteiger partial charge in [-0.3, -0.25) is 0 Å². The molecule has 0 saturated heterocycles. The first-order chi connectivity index (χ1) is 9.56. The number of nitrogens with one attached hydrogen (secondary N) is 1. The van der Waals surface area contributed by atoms with Gasteiger partial charge >= 0.3 is 0 Å². The summed E-state index contributed by atoms with van der Waals surface area (Å²) in [5.74, 6) is 1.47. The van der Waals surface area contributed by atoms with Gasteiger partial charge in [-0.2, -0.15) is 0 Å². The minimum atomic E-state index is 0.361. The molecule has 2 rings (SSSR count). The van der Waals surface area contributed by atoms with Crippen LogP contribution in [0, 0.1) is 0 Å². The van der Waals surface area contributed by atoms with Gasteiger partial charge < -0.3 is 14.5 Å². The molecule has 5 heteroatoms. The zero-order valence-corrected chi connectivity index (χ0v) is 13.0. The molecule has 0 radical (unpaired) electrons. The van der Waals surface area contributed by atoms with Crippen LogP contribution in [-0.2, 0) is 13.2 Å². The molecule has 0 aliphatic rings. The lowest BCUT2D eigenvalue weighted by Gasteiger charge is -2.09. The minimum absolute atomic E-state index is 0.361. The molecule has 1 aromatic heterocycles. The molecule has 0 fully saturated rings. The van der Waals surface area contributed by atoms with Gasteiger partial charge in [0.1, 0.15) is 18.1 Å². The van der Waals surface area contributed by atoms with Crippen LogP contribution in [0.15, 0.2) is 34.9 Å². The summed E-state index contributed by atoms with van der Waals surface area (Å²) in [5.41, 5.74) is 1.10. The second-order valence-corrected chi connectivity index (χ2v) is 5.58. The van der Waals surface area contributed by atoms with Gasteiger partial charge in [0.05, 0.1) is 16.3 Å².